The molecule has 0 saturated carbocycles. The van der Waals surface area contributed by atoms with Crippen molar-refractivity contribution in [3.63, 3.8) is 0 Å². The van der Waals surface area contributed by atoms with Gasteiger partial charge < -0.3 is 9.47 Å². The topological polar surface area (TPSA) is 56.0 Å². The molecule has 3 aromatic rings. The van der Waals surface area contributed by atoms with Crippen molar-refractivity contribution in [2.75, 3.05) is 6.54 Å². The first-order valence-corrected chi connectivity index (χ1v) is 7.35. The molecule has 22 heavy (non-hydrogen) atoms. The number of rotatable bonds is 1. The van der Waals surface area contributed by atoms with E-state index in [0.29, 0.717) is 18.8 Å². The summed E-state index contributed by atoms with van der Waals surface area (Å²) in [4.78, 5) is 18.9. The molecule has 1 aromatic carbocycles. The van der Waals surface area contributed by atoms with Crippen molar-refractivity contribution >= 4 is 16.8 Å². The molecule has 0 fully saturated rings. The van der Waals surface area contributed by atoms with Gasteiger partial charge in [0.1, 0.15) is 0 Å². The van der Waals surface area contributed by atoms with E-state index < -0.39 is 0 Å². The molecule has 1 aliphatic heterocycles. The van der Waals surface area contributed by atoms with Crippen molar-refractivity contribution < 1.29 is 4.79 Å². The predicted octanol–water partition coefficient (Wildman–Crippen LogP) is 1.73. The van der Waals surface area contributed by atoms with Gasteiger partial charge in [-0.2, -0.15) is 5.10 Å². The standard InChI is InChI=1S/C16H17N5O/c1-11-3-4-14-13(7-11)15(18-19(14)2)16(22)20-5-6-21-10-17-8-12(21)9-20/h3-4,7-8,10H,5-6,9H2,1-2H3. The van der Waals surface area contributed by atoms with Gasteiger partial charge in [-0.25, -0.2) is 4.98 Å². The molecule has 1 aliphatic rings. The fourth-order valence-electron chi connectivity index (χ4n) is 3.04. The summed E-state index contributed by atoms with van der Waals surface area (Å²) in [6.45, 7) is 4.08. The smallest absolute Gasteiger partial charge is 0.275 e. The lowest BCUT2D eigenvalue weighted by atomic mass is 10.1. The second-order valence-corrected chi connectivity index (χ2v) is 5.80. The van der Waals surface area contributed by atoms with Gasteiger partial charge in [0.05, 0.1) is 24.1 Å². The van der Waals surface area contributed by atoms with Gasteiger partial charge in [-0.1, -0.05) is 11.6 Å². The Kier molecular flexibility index (Phi) is 2.79. The Bertz CT molecular complexity index is 876. The summed E-state index contributed by atoms with van der Waals surface area (Å²) in [6.07, 6.45) is 3.64. The SMILES string of the molecule is Cc1ccc2c(c1)c(C(=O)N1CCn3cncc3C1)nn2C. The van der Waals surface area contributed by atoms with Crippen molar-refractivity contribution in [2.24, 2.45) is 7.05 Å². The summed E-state index contributed by atoms with van der Waals surface area (Å²) in [5.41, 5.74) is 3.72. The van der Waals surface area contributed by atoms with E-state index in [9.17, 15) is 4.79 Å². The van der Waals surface area contributed by atoms with Gasteiger partial charge in [-0.05, 0) is 19.1 Å². The third kappa shape index (κ3) is 1.91. The lowest BCUT2D eigenvalue weighted by Gasteiger charge is -2.27. The van der Waals surface area contributed by atoms with Crippen LogP contribution in [0.3, 0.4) is 0 Å². The number of aromatic nitrogens is 4. The number of imidazole rings is 1. The Hall–Kier alpha value is -2.63. The molecular weight excluding hydrogens is 278 g/mol. The van der Waals surface area contributed by atoms with Crippen LogP contribution in [0.15, 0.2) is 30.7 Å². The molecule has 0 radical (unpaired) electrons. The minimum atomic E-state index is -0.0105. The lowest BCUT2D eigenvalue weighted by Crippen LogP contribution is -2.38. The zero-order valence-corrected chi connectivity index (χ0v) is 12.7. The van der Waals surface area contributed by atoms with Gasteiger partial charge in [-0.3, -0.25) is 9.48 Å². The molecule has 0 N–H and O–H groups in total. The van der Waals surface area contributed by atoms with Gasteiger partial charge >= 0.3 is 0 Å². The van der Waals surface area contributed by atoms with Gasteiger partial charge in [-0.15, -0.1) is 0 Å². The normalized spacial score (nSPS) is 14.4. The van der Waals surface area contributed by atoms with Gasteiger partial charge in [0.2, 0.25) is 0 Å². The maximum atomic E-state index is 12.9. The number of carbonyl (C=O) groups excluding carboxylic acids is 1. The molecule has 6 nitrogen and oxygen atoms in total. The number of amides is 1. The zero-order valence-electron chi connectivity index (χ0n) is 12.7. The molecule has 0 bridgehead atoms. The highest BCUT2D eigenvalue weighted by Crippen LogP contribution is 2.22. The van der Waals surface area contributed by atoms with Crippen molar-refractivity contribution in [3.05, 3.63) is 47.7 Å². The Morgan fingerprint density at radius 1 is 1.27 bits per heavy atom. The molecule has 112 valence electrons. The first kappa shape index (κ1) is 13.1. The predicted molar refractivity (Wildman–Crippen MR) is 82.4 cm³/mol. The highest BCUT2D eigenvalue weighted by molar-refractivity contribution is 6.05. The summed E-state index contributed by atoms with van der Waals surface area (Å²) < 4.78 is 3.86. The Morgan fingerprint density at radius 2 is 2.14 bits per heavy atom. The molecule has 0 unspecified atom stereocenters. The zero-order chi connectivity index (χ0) is 15.3. The minimum Gasteiger partial charge on any atom is -0.331 e. The van der Waals surface area contributed by atoms with Crippen LogP contribution in [0.25, 0.3) is 10.9 Å². The van der Waals surface area contributed by atoms with E-state index in [1.807, 2.05) is 49.6 Å². The van der Waals surface area contributed by atoms with Crippen LogP contribution >= 0.6 is 0 Å². The van der Waals surface area contributed by atoms with Gasteiger partial charge in [0.15, 0.2) is 5.69 Å². The van der Waals surface area contributed by atoms with Crippen molar-refractivity contribution in [1.29, 1.82) is 0 Å². The molecule has 0 aliphatic carbocycles. The van der Waals surface area contributed by atoms with E-state index in [2.05, 4.69) is 14.6 Å². The maximum Gasteiger partial charge on any atom is 0.275 e. The van der Waals surface area contributed by atoms with Crippen LogP contribution in [0.4, 0.5) is 0 Å². The molecule has 0 saturated heterocycles. The second-order valence-electron chi connectivity index (χ2n) is 5.80. The van der Waals surface area contributed by atoms with Gasteiger partial charge in [0.25, 0.3) is 5.91 Å². The van der Waals surface area contributed by atoms with E-state index in [-0.39, 0.29) is 5.91 Å². The van der Waals surface area contributed by atoms with Crippen LogP contribution in [0, 0.1) is 6.92 Å². The van der Waals surface area contributed by atoms with Crippen molar-refractivity contribution in [3.8, 4) is 0 Å². The Morgan fingerprint density at radius 3 is 3.00 bits per heavy atom. The average Bonchev–Trinajstić information content (AvgIpc) is 3.10. The fourth-order valence-corrected chi connectivity index (χ4v) is 3.04. The van der Waals surface area contributed by atoms with Gasteiger partial charge in [0, 0.05) is 31.7 Å². The van der Waals surface area contributed by atoms with Crippen molar-refractivity contribution in [2.45, 2.75) is 20.0 Å². The van der Waals surface area contributed by atoms with E-state index in [0.717, 1.165) is 28.7 Å². The highest BCUT2D eigenvalue weighted by atomic mass is 16.2. The Labute approximate surface area is 128 Å². The van der Waals surface area contributed by atoms with E-state index in [4.69, 9.17) is 0 Å². The molecule has 0 atom stereocenters. The average molecular weight is 295 g/mol. The first-order chi connectivity index (χ1) is 10.6. The van der Waals surface area contributed by atoms with Crippen LogP contribution in [0.1, 0.15) is 21.7 Å². The van der Waals surface area contributed by atoms with E-state index in [1.54, 1.807) is 4.68 Å². The monoisotopic (exact) mass is 295 g/mol. The third-order valence-electron chi connectivity index (χ3n) is 4.26. The molecule has 3 heterocycles. The molecule has 4 rings (SSSR count). The third-order valence-corrected chi connectivity index (χ3v) is 4.26. The summed E-state index contributed by atoms with van der Waals surface area (Å²) in [6, 6.07) is 6.08. The lowest BCUT2D eigenvalue weighted by molar-refractivity contribution is 0.0706. The van der Waals surface area contributed by atoms with Crippen LogP contribution in [-0.4, -0.2) is 36.7 Å². The number of nitrogens with zero attached hydrogens (tertiary/aromatic N) is 5. The molecule has 0 spiro atoms. The Balaban J connectivity index is 1.73. The second kappa shape index (κ2) is 4.69. The van der Waals surface area contributed by atoms with E-state index in [1.165, 1.54) is 0 Å². The number of carbonyl (C=O) groups is 1. The van der Waals surface area contributed by atoms with Crippen LogP contribution in [0.5, 0.6) is 0 Å². The minimum absolute atomic E-state index is 0.0105. The molecule has 1 amide bonds. The summed E-state index contributed by atoms with van der Waals surface area (Å²) in [7, 11) is 1.87. The quantitative estimate of drug-likeness (QED) is 0.687. The van der Waals surface area contributed by atoms with Crippen LogP contribution in [0.2, 0.25) is 0 Å². The number of aryl methyl sites for hydroxylation is 2. The number of fused-ring (bicyclic) bond motifs is 2. The number of benzene rings is 1. The number of hydrogen-bond acceptors (Lipinski definition) is 3. The number of hydrogen-bond donors (Lipinski definition) is 0. The van der Waals surface area contributed by atoms with Crippen molar-refractivity contribution in [1.82, 2.24) is 24.2 Å². The largest absolute Gasteiger partial charge is 0.331 e. The molecule has 2 aromatic heterocycles. The molecule has 6 heteroatoms. The van der Waals surface area contributed by atoms with Crippen LogP contribution < -0.4 is 0 Å². The van der Waals surface area contributed by atoms with E-state index >= 15 is 0 Å². The summed E-state index contributed by atoms with van der Waals surface area (Å²) >= 11 is 0. The first-order valence-electron chi connectivity index (χ1n) is 7.35. The summed E-state index contributed by atoms with van der Waals surface area (Å²) in [5, 5.41) is 5.38. The molecular formula is C16H17N5O. The maximum absolute atomic E-state index is 12.9. The fraction of sp³-hybridized carbons (Fsp3) is 0.312. The highest BCUT2D eigenvalue weighted by Gasteiger charge is 2.25. The van der Waals surface area contributed by atoms with Crippen LogP contribution in [-0.2, 0) is 20.1 Å². The summed E-state index contributed by atoms with van der Waals surface area (Å²) in [5.74, 6) is -0.0105.